The first-order valence-corrected chi connectivity index (χ1v) is 14.1. The highest BCUT2D eigenvalue weighted by Crippen LogP contribution is 2.39. The number of nitrogens with two attached hydrogens (primary N) is 1. The van der Waals surface area contributed by atoms with Gasteiger partial charge in [-0.25, -0.2) is 14.4 Å². The smallest absolute Gasteiger partial charge is 0.255 e. The van der Waals surface area contributed by atoms with Gasteiger partial charge < -0.3 is 26.8 Å². The van der Waals surface area contributed by atoms with Crippen LogP contribution in [0.1, 0.15) is 59.0 Å². The zero-order valence-electron chi connectivity index (χ0n) is 22.9. The van der Waals surface area contributed by atoms with Gasteiger partial charge in [0.25, 0.3) is 5.91 Å². The Bertz CT molecular complexity index is 1680. The molecule has 0 spiro atoms. The molecular formula is C31H32FN7O3. The van der Waals surface area contributed by atoms with Crippen molar-refractivity contribution >= 4 is 29.2 Å². The Morgan fingerprint density at radius 1 is 1.19 bits per heavy atom. The summed E-state index contributed by atoms with van der Waals surface area (Å²) in [5.74, 6) is -0.0479. The molecule has 1 aliphatic carbocycles. The van der Waals surface area contributed by atoms with Crippen molar-refractivity contribution in [2.24, 2.45) is 0 Å². The number of amides is 2. The molecule has 0 saturated heterocycles. The van der Waals surface area contributed by atoms with E-state index in [9.17, 15) is 19.1 Å². The number of phenolic OH excluding ortho intramolecular Hbond substituents is 1. The van der Waals surface area contributed by atoms with Gasteiger partial charge >= 0.3 is 0 Å². The predicted octanol–water partition coefficient (Wildman–Crippen LogP) is 3.51. The normalized spacial score (nSPS) is 19.7. The summed E-state index contributed by atoms with van der Waals surface area (Å²) < 4.78 is 15.7. The van der Waals surface area contributed by atoms with Gasteiger partial charge in [0.15, 0.2) is 0 Å². The highest BCUT2D eigenvalue weighted by atomic mass is 19.1. The van der Waals surface area contributed by atoms with Crippen LogP contribution >= 0.6 is 0 Å². The number of anilines is 1. The minimum atomic E-state index is -0.602. The number of benzene rings is 2. The molecule has 1 saturated carbocycles. The van der Waals surface area contributed by atoms with Gasteiger partial charge in [-0.2, -0.15) is 0 Å². The fourth-order valence-corrected chi connectivity index (χ4v) is 5.75. The fourth-order valence-electron chi connectivity index (χ4n) is 5.75. The van der Waals surface area contributed by atoms with Crippen LogP contribution in [0, 0.1) is 5.82 Å². The molecule has 3 heterocycles. The molecule has 0 radical (unpaired) electrons. The molecule has 1 aliphatic heterocycles. The fraction of sp³-hybridized carbons (Fsp3) is 0.290. The zero-order valence-corrected chi connectivity index (χ0v) is 22.9. The highest BCUT2D eigenvalue weighted by molar-refractivity contribution is 5.96. The summed E-state index contributed by atoms with van der Waals surface area (Å²) in [6.45, 7) is 1.17. The standard InChI is InChI=1S/C31H32FN7O3/c32-21-9-11-25(40)24(14-21)31(42)36-15-18-4-6-19(7-5-18)27-28-29(33)35-16-23-3-1-2-12-34-17-26(41)37-22-10-8-20(13-22)30(38-27)39(23)28/h1,3-7,9,11,14,16,20,22,34,40H,2,8,10,12-13,15,17H2,(H2,33,35)(H,36,42)(H,37,41)/b3-1+/t20-,22-/m1/s1. The first-order chi connectivity index (χ1) is 20.4. The molecule has 2 bridgehead atoms. The van der Waals surface area contributed by atoms with Crippen LogP contribution in [-0.2, 0) is 11.3 Å². The molecule has 2 aliphatic rings. The molecule has 6 rings (SSSR count). The Balaban J connectivity index is 1.31. The van der Waals surface area contributed by atoms with Gasteiger partial charge in [-0.05, 0) is 62.1 Å². The third-order valence-electron chi connectivity index (χ3n) is 7.85. The molecule has 1 fully saturated rings. The van der Waals surface area contributed by atoms with Crippen molar-refractivity contribution in [3.05, 3.63) is 83.2 Å². The maximum Gasteiger partial charge on any atom is 0.255 e. The number of aromatic nitrogens is 3. The average molecular weight is 570 g/mol. The van der Waals surface area contributed by atoms with Gasteiger partial charge in [0.05, 0.1) is 24.0 Å². The van der Waals surface area contributed by atoms with Crippen LogP contribution < -0.4 is 21.7 Å². The number of nitrogen functional groups attached to an aromatic ring is 1. The Morgan fingerprint density at radius 3 is 2.86 bits per heavy atom. The van der Waals surface area contributed by atoms with E-state index < -0.39 is 11.7 Å². The summed E-state index contributed by atoms with van der Waals surface area (Å²) in [5.41, 5.74) is 10.3. The molecule has 10 nitrogen and oxygen atoms in total. The summed E-state index contributed by atoms with van der Waals surface area (Å²) in [7, 11) is 0. The van der Waals surface area contributed by atoms with Crippen LogP contribution in [0.4, 0.5) is 10.2 Å². The van der Waals surface area contributed by atoms with Crippen LogP contribution in [0.5, 0.6) is 5.75 Å². The second-order valence-corrected chi connectivity index (χ2v) is 10.8. The SMILES string of the molecule is Nc1ncc2n3c(nc(-c4ccc(CNC(=O)c5cc(F)ccc5O)cc4)c13)[C@@H]1CC[C@H](C1)NC(=O)CNCC/C=C/2. The van der Waals surface area contributed by atoms with Crippen molar-refractivity contribution in [1.82, 2.24) is 30.3 Å². The number of aromatic hydroxyl groups is 1. The maximum atomic E-state index is 13.6. The molecule has 11 heteroatoms. The molecule has 2 aromatic carbocycles. The molecular weight excluding hydrogens is 537 g/mol. The Labute approximate surface area is 241 Å². The largest absolute Gasteiger partial charge is 0.507 e. The number of fused-ring (bicyclic) bond motifs is 3. The zero-order chi connectivity index (χ0) is 29.2. The van der Waals surface area contributed by atoms with Crippen LogP contribution in [0.15, 0.2) is 54.7 Å². The summed E-state index contributed by atoms with van der Waals surface area (Å²) in [6.07, 6.45) is 9.15. The third kappa shape index (κ3) is 5.55. The molecule has 2 atom stereocenters. The van der Waals surface area contributed by atoms with Crippen molar-refractivity contribution < 1.29 is 19.1 Å². The molecule has 2 aromatic heterocycles. The first kappa shape index (κ1) is 27.4. The van der Waals surface area contributed by atoms with Crippen molar-refractivity contribution in [2.75, 3.05) is 18.8 Å². The second-order valence-electron chi connectivity index (χ2n) is 10.8. The summed E-state index contributed by atoms with van der Waals surface area (Å²) in [4.78, 5) is 34.5. The van der Waals surface area contributed by atoms with Gasteiger partial charge in [-0.15, -0.1) is 0 Å². The number of halogens is 1. The van der Waals surface area contributed by atoms with Crippen LogP contribution in [0.25, 0.3) is 22.9 Å². The number of phenols is 1. The molecule has 4 aromatic rings. The summed E-state index contributed by atoms with van der Waals surface area (Å²) >= 11 is 0. The molecule has 2 amide bonds. The van der Waals surface area contributed by atoms with Crippen molar-refractivity contribution in [1.29, 1.82) is 0 Å². The van der Waals surface area contributed by atoms with E-state index in [2.05, 4.69) is 31.4 Å². The van der Waals surface area contributed by atoms with E-state index in [1.807, 2.05) is 30.3 Å². The van der Waals surface area contributed by atoms with E-state index in [4.69, 9.17) is 10.7 Å². The second kappa shape index (κ2) is 11.6. The van der Waals surface area contributed by atoms with E-state index >= 15 is 0 Å². The van der Waals surface area contributed by atoms with E-state index in [0.29, 0.717) is 24.6 Å². The minimum absolute atomic E-state index is 0.00787. The molecule has 216 valence electrons. The number of imidazole rings is 1. The van der Waals surface area contributed by atoms with E-state index in [-0.39, 0.29) is 35.7 Å². The topological polar surface area (TPSA) is 147 Å². The number of hydrogen-bond donors (Lipinski definition) is 5. The first-order valence-electron chi connectivity index (χ1n) is 14.1. The van der Waals surface area contributed by atoms with E-state index in [1.165, 1.54) is 0 Å². The van der Waals surface area contributed by atoms with Crippen LogP contribution in [-0.4, -0.2) is 50.4 Å². The Kier molecular flexibility index (Phi) is 7.58. The highest BCUT2D eigenvalue weighted by Gasteiger charge is 2.32. The van der Waals surface area contributed by atoms with Crippen molar-refractivity contribution in [3.8, 4) is 17.0 Å². The van der Waals surface area contributed by atoms with Crippen molar-refractivity contribution in [2.45, 2.75) is 44.2 Å². The lowest BCUT2D eigenvalue weighted by Crippen LogP contribution is -2.39. The summed E-state index contributed by atoms with van der Waals surface area (Å²) in [6, 6.07) is 10.9. The average Bonchev–Trinajstić information content (AvgIpc) is 3.61. The van der Waals surface area contributed by atoms with E-state index in [1.54, 1.807) is 6.20 Å². The number of nitrogens with zero attached hydrogens (tertiary/aromatic N) is 3. The van der Waals surface area contributed by atoms with Gasteiger partial charge in [0, 0.05) is 24.1 Å². The lowest BCUT2D eigenvalue weighted by atomic mass is 10.1. The van der Waals surface area contributed by atoms with Crippen LogP contribution in [0.2, 0.25) is 0 Å². The Morgan fingerprint density at radius 2 is 2.02 bits per heavy atom. The monoisotopic (exact) mass is 569 g/mol. The number of hydrogen-bond acceptors (Lipinski definition) is 7. The van der Waals surface area contributed by atoms with Gasteiger partial charge in [0.1, 0.15) is 34.4 Å². The van der Waals surface area contributed by atoms with Gasteiger partial charge in [0.2, 0.25) is 5.91 Å². The number of rotatable bonds is 4. The van der Waals surface area contributed by atoms with E-state index in [0.717, 1.165) is 72.0 Å². The quantitative estimate of drug-likeness (QED) is 0.253. The van der Waals surface area contributed by atoms with Gasteiger partial charge in [-0.1, -0.05) is 30.3 Å². The number of carbonyl (C=O) groups is 2. The maximum absolute atomic E-state index is 13.6. The number of nitrogens with one attached hydrogen (secondary N) is 3. The lowest BCUT2D eigenvalue weighted by molar-refractivity contribution is -0.120. The molecule has 6 N–H and O–H groups in total. The minimum Gasteiger partial charge on any atom is -0.507 e. The Hall–Kier alpha value is -4.77. The third-order valence-corrected chi connectivity index (χ3v) is 7.85. The molecule has 42 heavy (non-hydrogen) atoms. The van der Waals surface area contributed by atoms with Crippen molar-refractivity contribution in [3.63, 3.8) is 0 Å². The number of carbonyl (C=O) groups excluding carboxylic acids is 2. The van der Waals surface area contributed by atoms with Crippen LogP contribution in [0.3, 0.4) is 0 Å². The molecule has 0 unspecified atom stereocenters. The summed E-state index contributed by atoms with van der Waals surface area (Å²) in [5, 5.41) is 19.0. The lowest BCUT2D eigenvalue weighted by Gasteiger charge is -2.15. The van der Waals surface area contributed by atoms with Gasteiger partial charge in [-0.3, -0.25) is 14.0 Å². The predicted molar refractivity (Wildman–Crippen MR) is 157 cm³/mol.